The molecule has 0 aliphatic rings. The topological polar surface area (TPSA) is 60.2 Å². The lowest BCUT2D eigenvalue weighted by Crippen LogP contribution is -2.03. The van der Waals surface area contributed by atoms with Crippen LogP contribution in [-0.4, -0.2) is 12.1 Å². The fourth-order valence-electron chi connectivity index (χ4n) is 1.64. The third-order valence-electron chi connectivity index (χ3n) is 2.67. The molecule has 4 nitrogen and oxygen atoms in total. The molecule has 1 heterocycles. The van der Waals surface area contributed by atoms with E-state index in [2.05, 4.69) is 17.2 Å². The smallest absolute Gasteiger partial charge is 0.143 e. The highest BCUT2D eigenvalue weighted by Gasteiger charge is 2.06. The van der Waals surface area contributed by atoms with Crippen LogP contribution in [-0.2, 0) is 13.0 Å². The van der Waals surface area contributed by atoms with Gasteiger partial charge >= 0.3 is 0 Å². The maximum absolute atomic E-state index is 5.98. The molecule has 1 aromatic carbocycles. The predicted molar refractivity (Wildman–Crippen MR) is 76.2 cm³/mol. The number of nitrogens with zero attached hydrogens (tertiary/aromatic N) is 1. The minimum absolute atomic E-state index is 0.632. The van der Waals surface area contributed by atoms with Crippen molar-refractivity contribution < 1.29 is 4.74 Å². The molecular weight excluding hydrogens is 246 g/mol. The van der Waals surface area contributed by atoms with Crippen molar-refractivity contribution in [2.24, 2.45) is 0 Å². The number of nitrogens with two attached hydrogens (primary N) is 1. The number of rotatable bonds is 5. The molecule has 5 heteroatoms. The Morgan fingerprint density at radius 2 is 2.28 bits per heavy atom. The summed E-state index contributed by atoms with van der Waals surface area (Å²) < 4.78 is 5.18. The van der Waals surface area contributed by atoms with E-state index in [1.54, 1.807) is 18.4 Å². The van der Waals surface area contributed by atoms with E-state index in [0.29, 0.717) is 18.0 Å². The first-order chi connectivity index (χ1) is 8.74. The summed E-state index contributed by atoms with van der Waals surface area (Å²) in [6.45, 7) is 2.81. The van der Waals surface area contributed by atoms with Gasteiger partial charge in [-0.2, -0.15) is 0 Å². The van der Waals surface area contributed by atoms with E-state index in [1.165, 1.54) is 4.88 Å². The third kappa shape index (κ3) is 2.73. The average molecular weight is 263 g/mol. The molecule has 96 valence electrons. The van der Waals surface area contributed by atoms with E-state index < -0.39 is 0 Å². The number of ether oxygens (including phenoxy) is 1. The summed E-state index contributed by atoms with van der Waals surface area (Å²) in [6, 6.07) is 5.70. The van der Waals surface area contributed by atoms with Gasteiger partial charge in [-0.15, -0.1) is 11.3 Å². The second kappa shape index (κ2) is 5.73. The lowest BCUT2D eigenvalue weighted by molar-refractivity contribution is 0.417. The number of nitrogen functional groups attached to an aromatic ring is 1. The molecule has 3 N–H and O–H groups in total. The third-order valence-corrected chi connectivity index (χ3v) is 3.81. The van der Waals surface area contributed by atoms with Crippen LogP contribution in [0.4, 0.5) is 11.4 Å². The fourth-order valence-corrected chi connectivity index (χ4v) is 2.44. The molecule has 18 heavy (non-hydrogen) atoms. The van der Waals surface area contributed by atoms with Gasteiger partial charge < -0.3 is 15.8 Å². The van der Waals surface area contributed by atoms with Crippen molar-refractivity contribution in [2.45, 2.75) is 19.9 Å². The van der Waals surface area contributed by atoms with Crippen LogP contribution < -0.4 is 15.8 Å². The maximum Gasteiger partial charge on any atom is 0.143 e. The summed E-state index contributed by atoms with van der Waals surface area (Å²) in [5, 5.41) is 4.35. The van der Waals surface area contributed by atoms with Crippen molar-refractivity contribution in [3.63, 3.8) is 0 Å². The molecule has 2 aromatic rings. The predicted octanol–water partition coefficient (Wildman–Crippen LogP) is 2.91. The zero-order chi connectivity index (χ0) is 13.0. The minimum atomic E-state index is 0.632. The lowest BCUT2D eigenvalue weighted by atomic mass is 10.2. The molecule has 0 aliphatic carbocycles. The van der Waals surface area contributed by atoms with Gasteiger partial charge in [0.1, 0.15) is 10.8 Å². The summed E-state index contributed by atoms with van der Waals surface area (Å²) in [5.74, 6) is 0.688. The van der Waals surface area contributed by atoms with E-state index in [1.807, 2.05) is 24.4 Å². The molecule has 0 bridgehead atoms. The van der Waals surface area contributed by atoms with E-state index in [0.717, 1.165) is 17.1 Å². The summed E-state index contributed by atoms with van der Waals surface area (Å²) in [4.78, 5) is 5.65. The summed E-state index contributed by atoms with van der Waals surface area (Å²) in [6.07, 6.45) is 2.95. The highest BCUT2D eigenvalue weighted by atomic mass is 32.1. The van der Waals surface area contributed by atoms with Crippen LogP contribution in [0.25, 0.3) is 0 Å². The number of aromatic nitrogens is 1. The van der Waals surface area contributed by atoms with Crippen LogP contribution in [0.5, 0.6) is 5.75 Å². The minimum Gasteiger partial charge on any atom is -0.495 e. The maximum atomic E-state index is 5.98. The number of hydrogen-bond donors (Lipinski definition) is 2. The van der Waals surface area contributed by atoms with Crippen LogP contribution in [0.3, 0.4) is 0 Å². The molecule has 0 fully saturated rings. The number of anilines is 2. The van der Waals surface area contributed by atoms with Crippen molar-refractivity contribution in [3.05, 3.63) is 34.3 Å². The van der Waals surface area contributed by atoms with Crippen LogP contribution in [0.1, 0.15) is 16.8 Å². The van der Waals surface area contributed by atoms with Crippen LogP contribution in [0.2, 0.25) is 0 Å². The molecular formula is C13H17N3OS. The molecule has 0 unspecified atom stereocenters. The molecule has 1 aromatic heterocycles. The molecule has 0 atom stereocenters. The number of benzene rings is 1. The van der Waals surface area contributed by atoms with Gasteiger partial charge in [-0.25, -0.2) is 4.98 Å². The summed E-state index contributed by atoms with van der Waals surface area (Å²) in [5.41, 5.74) is 7.49. The molecule has 0 radical (unpaired) electrons. The largest absolute Gasteiger partial charge is 0.495 e. The van der Waals surface area contributed by atoms with Gasteiger partial charge in [0.25, 0.3) is 0 Å². The van der Waals surface area contributed by atoms with Gasteiger partial charge in [-0.05, 0) is 18.6 Å². The number of aryl methyl sites for hydroxylation is 1. The monoisotopic (exact) mass is 263 g/mol. The molecule has 0 aliphatic heterocycles. The number of para-hydroxylation sites is 1. The number of thiazole rings is 1. The standard InChI is InChI=1S/C13H17N3OS/c1-3-9-7-16-12(18-9)8-15-10-5-4-6-11(17-2)13(10)14/h4-7,15H,3,8,14H2,1-2H3. The zero-order valence-electron chi connectivity index (χ0n) is 10.6. The van der Waals surface area contributed by atoms with Crippen LogP contribution >= 0.6 is 11.3 Å². The van der Waals surface area contributed by atoms with Crippen molar-refractivity contribution in [2.75, 3.05) is 18.2 Å². The Kier molecular flexibility index (Phi) is 4.04. The van der Waals surface area contributed by atoms with E-state index in [9.17, 15) is 0 Å². The SMILES string of the molecule is CCc1cnc(CNc2cccc(OC)c2N)s1. The molecule has 0 saturated carbocycles. The van der Waals surface area contributed by atoms with Gasteiger partial charge in [0.05, 0.1) is 25.0 Å². The Labute approximate surface area is 111 Å². The first-order valence-electron chi connectivity index (χ1n) is 5.84. The summed E-state index contributed by atoms with van der Waals surface area (Å²) in [7, 11) is 1.61. The van der Waals surface area contributed by atoms with Gasteiger partial charge in [0.2, 0.25) is 0 Å². The van der Waals surface area contributed by atoms with Crippen molar-refractivity contribution in [1.29, 1.82) is 0 Å². The number of hydrogen-bond acceptors (Lipinski definition) is 5. The highest BCUT2D eigenvalue weighted by Crippen LogP contribution is 2.29. The van der Waals surface area contributed by atoms with Gasteiger partial charge in [0, 0.05) is 11.1 Å². The first kappa shape index (κ1) is 12.7. The second-order valence-corrected chi connectivity index (χ2v) is 5.05. The normalized spacial score (nSPS) is 10.3. The second-order valence-electron chi connectivity index (χ2n) is 3.85. The van der Waals surface area contributed by atoms with Gasteiger partial charge in [-0.1, -0.05) is 13.0 Å². The molecule has 0 amide bonds. The van der Waals surface area contributed by atoms with Gasteiger partial charge in [0.15, 0.2) is 0 Å². The quantitative estimate of drug-likeness (QED) is 0.814. The molecule has 2 rings (SSSR count). The zero-order valence-corrected chi connectivity index (χ0v) is 11.4. The van der Waals surface area contributed by atoms with Gasteiger partial charge in [-0.3, -0.25) is 0 Å². The molecule has 0 spiro atoms. The Bertz CT molecular complexity index is 525. The first-order valence-corrected chi connectivity index (χ1v) is 6.66. The fraction of sp³-hybridized carbons (Fsp3) is 0.308. The van der Waals surface area contributed by atoms with Crippen LogP contribution in [0.15, 0.2) is 24.4 Å². The van der Waals surface area contributed by atoms with E-state index >= 15 is 0 Å². The Morgan fingerprint density at radius 1 is 1.44 bits per heavy atom. The lowest BCUT2D eigenvalue weighted by Gasteiger charge is -2.10. The molecule has 0 saturated heterocycles. The average Bonchev–Trinajstić information content (AvgIpc) is 2.85. The van der Waals surface area contributed by atoms with Crippen molar-refractivity contribution >= 4 is 22.7 Å². The van der Waals surface area contributed by atoms with E-state index in [-0.39, 0.29) is 0 Å². The van der Waals surface area contributed by atoms with Crippen molar-refractivity contribution in [3.8, 4) is 5.75 Å². The number of methoxy groups -OCH3 is 1. The van der Waals surface area contributed by atoms with E-state index in [4.69, 9.17) is 10.5 Å². The number of nitrogens with one attached hydrogen (secondary N) is 1. The van der Waals surface area contributed by atoms with Crippen molar-refractivity contribution in [1.82, 2.24) is 4.98 Å². The highest BCUT2D eigenvalue weighted by molar-refractivity contribution is 7.11. The Morgan fingerprint density at radius 3 is 2.94 bits per heavy atom. The Balaban J connectivity index is 2.06. The van der Waals surface area contributed by atoms with Crippen LogP contribution in [0, 0.1) is 0 Å². The Hall–Kier alpha value is -1.75. The summed E-state index contributed by atoms with van der Waals surface area (Å²) >= 11 is 1.72.